The molecule has 1 N–H and O–H groups in total. The van der Waals surface area contributed by atoms with E-state index in [4.69, 9.17) is 11.6 Å². The van der Waals surface area contributed by atoms with Gasteiger partial charge in [0.05, 0.1) is 21.7 Å². The van der Waals surface area contributed by atoms with Crippen LogP contribution in [-0.2, 0) is 10.0 Å². The number of sulfonamides is 1. The van der Waals surface area contributed by atoms with Gasteiger partial charge in [0.1, 0.15) is 5.82 Å². The lowest BCUT2D eigenvalue weighted by molar-refractivity contribution is 0.198. The normalized spacial score (nSPS) is 23.2. The Morgan fingerprint density at radius 1 is 1.07 bits per heavy atom. The number of halogens is 2. The summed E-state index contributed by atoms with van der Waals surface area (Å²) in [5.74, 6) is -0.400. The van der Waals surface area contributed by atoms with Crippen molar-refractivity contribution in [2.45, 2.75) is 30.4 Å². The van der Waals surface area contributed by atoms with E-state index in [2.05, 4.69) is 0 Å². The fourth-order valence-corrected chi connectivity index (χ4v) is 6.15. The maximum atomic E-state index is 13.4. The van der Waals surface area contributed by atoms with Crippen LogP contribution in [0.4, 0.5) is 15.8 Å². The maximum absolute atomic E-state index is 13.4. The Labute approximate surface area is 181 Å². The molecule has 0 bridgehead atoms. The lowest BCUT2D eigenvalue weighted by Crippen LogP contribution is -2.54. The number of nitrogens with zero attached hydrogens (tertiary/aromatic N) is 3. The molecule has 30 heavy (non-hydrogen) atoms. The monoisotopic (exact) mass is 453 g/mol. The second kappa shape index (κ2) is 8.34. The van der Waals surface area contributed by atoms with Crippen molar-refractivity contribution in [3.05, 3.63) is 53.3 Å². The standard InChI is InChI=1S/C21H25ClFN3O3S/c1-15-13-25(21-6-5-16(23)11-20(21)22)9-10-26(15)30(28,29)19-4-2-3-17(12-19)24-8-7-18(27)14-24/h2-6,11-12,15,18,27H,7-10,13-14H2,1H3/t15-,18?/m1/s1. The molecule has 0 spiro atoms. The van der Waals surface area contributed by atoms with Crippen LogP contribution in [0.2, 0.25) is 5.02 Å². The van der Waals surface area contributed by atoms with Crippen LogP contribution in [0.25, 0.3) is 0 Å². The molecular formula is C21H25ClFN3O3S. The van der Waals surface area contributed by atoms with Crippen LogP contribution >= 0.6 is 11.6 Å². The lowest BCUT2D eigenvalue weighted by Gasteiger charge is -2.40. The van der Waals surface area contributed by atoms with Crippen molar-refractivity contribution < 1.29 is 17.9 Å². The maximum Gasteiger partial charge on any atom is 0.243 e. The summed E-state index contributed by atoms with van der Waals surface area (Å²) < 4.78 is 41.6. The molecule has 2 aromatic rings. The van der Waals surface area contributed by atoms with Crippen molar-refractivity contribution in [1.29, 1.82) is 0 Å². The third-order valence-corrected chi connectivity index (χ3v) is 8.08. The average Bonchev–Trinajstić information content (AvgIpc) is 3.14. The van der Waals surface area contributed by atoms with Gasteiger partial charge in [-0.3, -0.25) is 0 Å². The molecule has 2 aliphatic heterocycles. The summed E-state index contributed by atoms with van der Waals surface area (Å²) in [6, 6.07) is 10.9. The molecule has 162 valence electrons. The van der Waals surface area contributed by atoms with Gasteiger partial charge in [-0.15, -0.1) is 0 Å². The summed E-state index contributed by atoms with van der Waals surface area (Å²) in [5, 5.41) is 10.1. The molecule has 2 heterocycles. The van der Waals surface area contributed by atoms with Crippen molar-refractivity contribution >= 4 is 33.0 Å². The van der Waals surface area contributed by atoms with Crippen LogP contribution < -0.4 is 9.80 Å². The summed E-state index contributed by atoms with van der Waals surface area (Å²) in [4.78, 5) is 4.24. The first-order valence-electron chi connectivity index (χ1n) is 10.0. The average molecular weight is 454 g/mol. The fraction of sp³-hybridized carbons (Fsp3) is 0.429. The molecule has 6 nitrogen and oxygen atoms in total. The predicted molar refractivity (Wildman–Crippen MR) is 116 cm³/mol. The number of benzene rings is 2. The van der Waals surface area contributed by atoms with E-state index in [1.807, 2.05) is 22.8 Å². The van der Waals surface area contributed by atoms with Gasteiger partial charge in [-0.1, -0.05) is 17.7 Å². The van der Waals surface area contributed by atoms with E-state index in [0.717, 1.165) is 5.69 Å². The number of rotatable bonds is 4. The van der Waals surface area contributed by atoms with Crippen LogP contribution in [0.1, 0.15) is 13.3 Å². The molecule has 2 atom stereocenters. The second-order valence-electron chi connectivity index (χ2n) is 7.89. The molecule has 2 aliphatic rings. The molecule has 4 rings (SSSR count). The van der Waals surface area contributed by atoms with E-state index in [1.54, 1.807) is 24.3 Å². The zero-order valence-corrected chi connectivity index (χ0v) is 18.3. The molecule has 2 aromatic carbocycles. The van der Waals surface area contributed by atoms with Gasteiger partial charge in [-0.05, 0) is 49.7 Å². The summed E-state index contributed by atoms with van der Waals surface area (Å²) in [6.07, 6.45) is 0.304. The first-order valence-corrected chi connectivity index (χ1v) is 11.8. The molecule has 0 aromatic heterocycles. The predicted octanol–water partition coefficient (Wildman–Crippen LogP) is 2.95. The fourth-order valence-electron chi connectivity index (χ4n) is 4.21. The minimum atomic E-state index is -3.67. The smallest absolute Gasteiger partial charge is 0.243 e. The van der Waals surface area contributed by atoms with Crippen LogP contribution in [-0.4, -0.2) is 62.7 Å². The van der Waals surface area contributed by atoms with Crippen LogP contribution in [0, 0.1) is 5.82 Å². The Morgan fingerprint density at radius 3 is 2.53 bits per heavy atom. The zero-order chi connectivity index (χ0) is 21.5. The van der Waals surface area contributed by atoms with E-state index >= 15 is 0 Å². The highest BCUT2D eigenvalue weighted by atomic mass is 35.5. The van der Waals surface area contributed by atoms with E-state index in [0.29, 0.717) is 49.9 Å². The summed E-state index contributed by atoms with van der Waals surface area (Å²) in [7, 11) is -3.67. The van der Waals surface area contributed by atoms with Gasteiger partial charge >= 0.3 is 0 Å². The summed E-state index contributed by atoms with van der Waals surface area (Å²) in [6.45, 7) is 4.32. The van der Waals surface area contributed by atoms with Gasteiger partial charge in [0, 0.05) is 44.5 Å². The number of anilines is 2. The van der Waals surface area contributed by atoms with Crippen molar-refractivity contribution in [2.75, 3.05) is 42.5 Å². The Balaban J connectivity index is 1.53. The van der Waals surface area contributed by atoms with Crippen molar-refractivity contribution in [3.63, 3.8) is 0 Å². The third kappa shape index (κ3) is 4.14. The minimum absolute atomic E-state index is 0.251. The number of hydrogen-bond donors (Lipinski definition) is 1. The first kappa shape index (κ1) is 21.4. The van der Waals surface area contributed by atoms with E-state index < -0.39 is 15.8 Å². The Hall–Kier alpha value is -1.87. The van der Waals surface area contributed by atoms with Gasteiger partial charge in [0.15, 0.2) is 0 Å². The van der Waals surface area contributed by atoms with E-state index in [-0.39, 0.29) is 17.0 Å². The Bertz CT molecular complexity index is 1040. The van der Waals surface area contributed by atoms with Crippen molar-refractivity contribution in [2.24, 2.45) is 0 Å². The number of aliphatic hydroxyl groups excluding tert-OH is 1. The van der Waals surface area contributed by atoms with Crippen molar-refractivity contribution in [1.82, 2.24) is 4.31 Å². The SMILES string of the molecule is C[C@@H]1CN(c2ccc(F)cc2Cl)CCN1S(=O)(=O)c1cccc(N2CCC(O)C2)c1. The quantitative estimate of drug-likeness (QED) is 0.771. The summed E-state index contributed by atoms with van der Waals surface area (Å²) >= 11 is 6.19. The largest absolute Gasteiger partial charge is 0.391 e. The molecule has 0 aliphatic carbocycles. The van der Waals surface area contributed by atoms with Gasteiger partial charge in [0.25, 0.3) is 0 Å². The Morgan fingerprint density at radius 2 is 1.87 bits per heavy atom. The highest BCUT2D eigenvalue weighted by Crippen LogP contribution is 2.31. The highest BCUT2D eigenvalue weighted by molar-refractivity contribution is 7.89. The van der Waals surface area contributed by atoms with Crippen molar-refractivity contribution in [3.8, 4) is 0 Å². The summed E-state index contributed by atoms with van der Waals surface area (Å²) in [5.41, 5.74) is 1.51. The Kier molecular flexibility index (Phi) is 5.94. The van der Waals surface area contributed by atoms with Gasteiger partial charge in [-0.25, -0.2) is 12.8 Å². The number of hydrogen-bond acceptors (Lipinski definition) is 5. The van der Waals surface area contributed by atoms with Crippen LogP contribution in [0.5, 0.6) is 0 Å². The van der Waals surface area contributed by atoms with Gasteiger partial charge in [0.2, 0.25) is 10.0 Å². The highest BCUT2D eigenvalue weighted by Gasteiger charge is 2.34. The van der Waals surface area contributed by atoms with Crippen LogP contribution in [0.3, 0.4) is 0 Å². The minimum Gasteiger partial charge on any atom is -0.391 e. The molecule has 2 fully saturated rings. The topological polar surface area (TPSA) is 64.1 Å². The van der Waals surface area contributed by atoms with E-state index in [1.165, 1.54) is 16.4 Å². The number of aliphatic hydroxyl groups is 1. The van der Waals surface area contributed by atoms with Gasteiger partial charge in [-0.2, -0.15) is 4.31 Å². The third-order valence-electron chi connectivity index (χ3n) is 5.77. The molecule has 1 unspecified atom stereocenters. The molecule has 0 radical (unpaired) electrons. The molecule has 0 amide bonds. The van der Waals surface area contributed by atoms with E-state index in [9.17, 15) is 17.9 Å². The van der Waals surface area contributed by atoms with Crippen LogP contribution in [0.15, 0.2) is 47.4 Å². The molecule has 9 heteroatoms. The first-order chi connectivity index (χ1) is 14.3. The number of piperazine rings is 1. The number of β-amino-alcohol motifs (C(OH)–C–C–N with tert-alkyl or cyclic N) is 1. The molecule has 2 saturated heterocycles. The van der Waals surface area contributed by atoms with Gasteiger partial charge < -0.3 is 14.9 Å². The molecular weight excluding hydrogens is 429 g/mol. The zero-order valence-electron chi connectivity index (χ0n) is 16.7. The second-order valence-corrected chi connectivity index (χ2v) is 10.2. The molecule has 0 saturated carbocycles. The lowest BCUT2D eigenvalue weighted by atomic mass is 10.2.